The molecule has 0 radical (unpaired) electrons. The Hall–Kier alpha value is -0.520. The highest BCUT2D eigenvalue weighted by Gasteiger charge is 2.33. The molecule has 19 heavy (non-hydrogen) atoms. The van der Waals surface area contributed by atoms with Crippen molar-refractivity contribution >= 4 is 21.6 Å². The molecule has 0 spiro atoms. The lowest BCUT2D eigenvalue weighted by Crippen LogP contribution is -2.39. The second-order valence-electron chi connectivity index (χ2n) is 4.88. The molecule has 0 N–H and O–H groups in total. The second-order valence-corrected chi connectivity index (χ2v) is 6.97. The normalized spacial score (nSPS) is 22.3. The summed E-state index contributed by atoms with van der Waals surface area (Å²) in [6, 6.07) is 3.21. The van der Waals surface area contributed by atoms with Gasteiger partial charge in [-0.15, -0.1) is 11.6 Å². The van der Waals surface area contributed by atoms with Crippen LogP contribution >= 0.6 is 11.6 Å². The zero-order valence-corrected chi connectivity index (χ0v) is 12.7. The molecule has 0 amide bonds. The zero-order chi connectivity index (χ0) is 13.9. The van der Waals surface area contributed by atoms with Crippen LogP contribution in [0.15, 0.2) is 21.6 Å². The van der Waals surface area contributed by atoms with E-state index in [0.717, 1.165) is 32.1 Å². The quantitative estimate of drug-likeness (QED) is 0.801. The molecule has 4 nitrogen and oxygen atoms in total. The van der Waals surface area contributed by atoms with Crippen molar-refractivity contribution in [3.05, 3.63) is 17.9 Å². The lowest BCUT2D eigenvalue weighted by molar-refractivity contribution is 0.302. The third-order valence-electron chi connectivity index (χ3n) is 3.63. The zero-order valence-electron chi connectivity index (χ0n) is 11.1. The molecule has 2 heterocycles. The number of alkyl halides is 1. The van der Waals surface area contributed by atoms with Crippen LogP contribution in [0.3, 0.4) is 0 Å². The second kappa shape index (κ2) is 6.29. The molecule has 0 aromatic carbocycles. The molecule has 1 atom stereocenters. The highest BCUT2D eigenvalue weighted by Crippen LogP contribution is 2.27. The topological polar surface area (TPSA) is 50.5 Å². The number of rotatable bonds is 4. The maximum Gasteiger partial charge on any atom is 0.276 e. The number of nitrogens with zero attached hydrogens (tertiary/aromatic N) is 1. The third-order valence-corrected chi connectivity index (χ3v) is 5.72. The van der Waals surface area contributed by atoms with E-state index in [4.69, 9.17) is 16.0 Å². The van der Waals surface area contributed by atoms with E-state index in [1.165, 1.54) is 6.07 Å². The molecule has 0 aliphatic carbocycles. The smallest absolute Gasteiger partial charge is 0.276 e. The van der Waals surface area contributed by atoms with Gasteiger partial charge in [-0.25, -0.2) is 8.42 Å². The number of hydrogen-bond acceptors (Lipinski definition) is 3. The number of halogens is 1. The van der Waals surface area contributed by atoms with Crippen molar-refractivity contribution in [1.82, 2.24) is 4.31 Å². The van der Waals surface area contributed by atoms with E-state index >= 15 is 0 Å². The van der Waals surface area contributed by atoms with Gasteiger partial charge in [0, 0.05) is 12.6 Å². The van der Waals surface area contributed by atoms with Crippen LogP contribution in [0.4, 0.5) is 0 Å². The largest absolute Gasteiger partial charge is 0.447 e. The fourth-order valence-electron chi connectivity index (χ4n) is 2.56. The van der Waals surface area contributed by atoms with E-state index in [2.05, 4.69) is 0 Å². The first-order valence-electron chi connectivity index (χ1n) is 6.76. The summed E-state index contributed by atoms with van der Waals surface area (Å²) in [7, 11) is -3.53. The molecule has 1 aliphatic heterocycles. The highest BCUT2D eigenvalue weighted by molar-refractivity contribution is 7.89. The van der Waals surface area contributed by atoms with Crippen molar-refractivity contribution < 1.29 is 12.8 Å². The minimum absolute atomic E-state index is 0.0171. The Morgan fingerprint density at radius 2 is 2.16 bits per heavy atom. The van der Waals surface area contributed by atoms with Crippen LogP contribution in [0.1, 0.15) is 44.8 Å². The SMILES string of the molecule is CCC1CCCCCN1S(=O)(=O)c1ccc(CCl)o1. The van der Waals surface area contributed by atoms with Crippen molar-refractivity contribution in [3.63, 3.8) is 0 Å². The summed E-state index contributed by atoms with van der Waals surface area (Å²) in [5, 5.41) is 0.0171. The summed E-state index contributed by atoms with van der Waals surface area (Å²) in [5.74, 6) is 0.676. The van der Waals surface area contributed by atoms with Gasteiger partial charge in [0.15, 0.2) is 0 Å². The molecule has 1 saturated heterocycles. The Morgan fingerprint density at radius 1 is 1.37 bits per heavy atom. The van der Waals surface area contributed by atoms with Gasteiger partial charge in [-0.1, -0.05) is 19.8 Å². The average Bonchev–Trinajstić information content (AvgIpc) is 2.76. The predicted octanol–water partition coefficient (Wildman–Crippen LogP) is 3.36. The predicted molar refractivity (Wildman–Crippen MR) is 74.7 cm³/mol. The molecule has 1 fully saturated rings. The first kappa shape index (κ1) is 14.9. The van der Waals surface area contributed by atoms with Crippen LogP contribution < -0.4 is 0 Å². The molecular formula is C13H20ClNO3S. The molecule has 1 aliphatic rings. The molecule has 2 rings (SSSR count). The molecule has 108 valence electrons. The molecule has 0 saturated carbocycles. The molecular weight excluding hydrogens is 286 g/mol. The lowest BCUT2D eigenvalue weighted by atomic mass is 10.1. The Bertz CT molecular complexity index is 512. The standard InChI is InChI=1S/C13H20ClNO3S/c1-2-11-6-4-3-5-9-15(11)19(16,17)13-8-7-12(10-14)18-13/h7-8,11H,2-6,9-10H2,1H3. The summed E-state index contributed by atoms with van der Waals surface area (Å²) < 4.78 is 32.2. The van der Waals surface area contributed by atoms with Crippen LogP contribution in [0, 0.1) is 0 Å². The van der Waals surface area contributed by atoms with Crippen LogP contribution in [0.5, 0.6) is 0 Å². The van der Waals surface area contributed by atoms with Crippen LogP contribution in [0.2, 0.25) is 0 Å². The summed E-state index contributed by atoms with van der Waals surface area (Å²) in [4.78, 5) is 0. The van der Waals surface area contributed by atoms with Crippen molar-refractivity contribution in [1.29, 1.82) is 0 Å². The van der Waals surface area contributed by atoms with Crippen molar-refractivity contribution in [2.24, 2.45) is 0 Å². The van der Waals surface area contributed by atoms with Gasteiger partial charge < -0.3 is 4.42 Å². The van der Waals surface area contributed by atoms with Crippen LogP contribution in [0.25, 0.3) is 0 Å². The van der Waals surface area contributed by atoms with Crippen molar-refractivity contribution in [3.8, 4) is 0 Å². The van der Waals surface area contributed by atoms with Gasteiger partial charge in [0.05, 0.1) is 5.88 Å². The maximum absolute atomic E-state index is 12.6. The van der Waals surface area contributed by atoms with Gasteiger partial charge in [0.2, 0.25) is 5.09 Å². The van der Waals surface area contributed by atoms with Crippen molar-refractivity contribution in [2.45, 2.75) is 56.0 Å². The van der Waals surface area contributed by atoms with Gasteiger partial charge in [0.1, 0.15) is 5.76 Å². The minimum Gasteiger partial charge on any atom is -0.447 e. The van der Waals surface area contributed by atoms with Gasteiger partial charge in [-0.05, 0) is 31.4 Å². The van der Waals surface area contributed by atoms with E-state index < -0.39 is 10.0 Å². The number of furan rings is 1. The van der Waals surface area contributed by atoms with Gasteiger partial charge in [-0.2, -0.15) is 4.31 Å². The first-order chi connectivity index (χ1) is 9.09. The van der Waals surface area contributed by atoms with Crippen LogP contribution in [-0.2, 0) is 15.9 Å². The Kier molecular flexibility index (Phi) is 4.92. The highest BCUT2D eigenvalue weighted by atomic mass is 35.5. The van der Waals surface area contributed by atoms with E-state index in [1.54, 1.807) is 10.4 Å². The van der Waals surface area contributed by atoms with E-state index in [0.29, 0.717) is 12.3 Å². The van der Waals surface area contributed by atoms with E-state index in [-0.39, 0.29) is 17.0 Å². The van der Waals surface area contributed by atoms with Gasteiger partial charge >= 0.3 is 0 Å². The number of sulfonamides is 1. The van der Waals surface area contributed by atoms with Gasteiger partial charge in [-0.3, -0.25) is 0 Å². The minimum atomic E-state index is -3.53. The Balaban J connectivity index is 2.30. The van der Waals surface area contributed by atoms with Crippen LogP contribution in [-0.4, -0.2) is 25.3 Å². The number of hydrogen-bond donors (Lipinski definition) is 0. The Morgan fingerprint density at radius 3 is 2.79 bits per heavy atom. The first-order valence-corrected chi connectivity index (χ1v) is 8.73. The average molecular weight is 306 g/mol. The fourth-order valence-corrected chi connectivity index (χ4v) is 4.40. The summed E-state index contributed by atoms with van der Waals surface area (Å²) in [6.07, 6.45) is 4.86. The fraction of sp³-hybridized carbons (Fsp3) is 0.692. The third kappa shape index (κ3) is 3.15. The molecule has 6 heteroatoms. The molecule has 1 aromatic heterocycles. The summed E-state index contributed by atoms with van der Waals surface area (Å²) in [5.41, 5.74) is 0. The molecule has 1 unspecified atom stereocenters. The summed E-state index contributed by atoms with van der Waals surface area (Å²) >= 11 is 5.66. The maximum atomic E-state index is 12.6. The van der Waals surface area contributed by atoms with E-state index in [9.17, 15) is 8.42 Å². The van der Waals surface area contributed by atoms with Gasteiger partial charge in [0.25, 0.3) is 10.0 Å². The lowest BCUT2D eigenvalue weighted by Gasteiger charge is -2.27. The summed E-state index contributed by atoms with van der Waals surface area (Å²) in [6.45, 7) is 2.61. The van der Waals surface area contributed by atoms with Crippen molar-refractivity contribution in [2.75, 3.05) is 6.54 Å². The monoisotopic (exact) mass is 305 g/mol. The Labute approximate surface area is 119 Å². The van der Waals surface area contributed by atoms with E-state index in [1.807, 2.05) is 6.92 Å². The molecule has 1 aromatic rings. The molecule has 0 bridgehead atoms.